The van der Waals surface area contributed by atoms with Crippen molar-refractivity contribution in [1.29, 1.82) is 0 Å². The van der Waals surface area contributed by atoms with Gasteiger partial charge in [-0.25, -0.2) is 0 Å². The zero-order chi connectivity index (χ0) is 11.7. The average molecular weight is 381 g/mol. The second-order valence-electron chi connectivity index (χ2n) is 3.49. The van der Waals surface area contributed by atoms with Gasteiger partial charge in [0.2, 0.25) is 0 Å². The summed E-state index contributed by atoms with van der Waals surface area (Å²) in [6.07, 6.45) is 0. The van der Waals surface area contributed by atoms with Crippen molar-refractivity contribution in [2.24, 2.45) is 0 Å². The highest BCUT2D eigenvalue weighted by Gasteiger charge is 2.16. The van der Waals surface area contributed by atoms with Crippen LogP contribution >= 0.6 is 54.8 Å². The van der Waals surface area contributed by atoms with E-state index in [2.05, 4.69) is 44.8 Å². The Hall–Kier alpha value is 0.170. The normalized spacial score (nSPS) is 12.8. The Balaban J connectivity index is 2.39. The zero-order valence-electron chi connectivity index (χ0n) is 8.51. The zero-order valence-corrected chi connectivity index (χ0v) is 13.3. The predicted octanol–water partition coefficient (Wildman–Crippen LogP) is 5.96. The molecule has 0 amide bonds. The monoisotopic (exact) mass is 378 g/mol. The molecule has 0 aliphatic carbocycles. The largest absolute Gasteiger partial charge is 0.131 e. The van der Waals surface area contributed by atoms with Crippen molar-refractivity contribution in [3.63, 3.8) is 0 Å². The Morgan fingerprint density at radius 2 is 2.00 bits per heavy atom. The summed E-state index contributed by atoms with van der Waals surface area (Å²) in [4.78, 5) is 1.42. The highest BCUT2D eigenvalue weighted by molar-refractivity contribution is 9.11. The van der Waals surface area contributed by atoms with E-state index in [4.69, 9.17) is 11.6 Å². The number of hydrogen-bond donors (Lipinski definition) is 0. The van der Waals surface area contributed by atoms with Crippen molar-refractivity contribution in [3.8, 4) is 0 Å². The van der Waals surface area contributed by atoms with Crippen LogP contribution in [0.2, 0.25) is 5.02 Å². The van der Waals surface area contributed by atoms with E-state index in [0.717, 1.165) is 10.6 Å². The Kier molecular flexibility index (Phi) is 4.11. The lowest BCUT2D eigenvalue weighted by Gasteiger charge is -2.09. The molecule has 4 heteroatoms. The topological polar surface area (TPSA) is 0 Å². The van der Waals surface area contributed by atoms with Crippen molar-refractivity contribution < 1.29 is 0 Å². The molecule has 1 unspecified atom stereocenters. The molecule has 2 rings (SSSR count). The summed E-state index contributed by atoms with van der Waals surface area (Å²) in [5.41, 5.74) is 2.37. The molecule has 0 saturated heterocycles. The second kappa shape index (κ2) is 5.21. The van der Waals surface area contributed by atoms with Gasteiger partial charge in [0.1, 0.15) is 0 Å². The van der Waals surface area contributed by atoms with Gasteiger partial charge in [0.15, 0.2) is 0 Å². The number of benzene rings is 1. The molecule has 0 aliphatic heterocycles. The Morgan fingerprint density at radius 1 is 1.31 bits per heavy atom. The molecule has 0 N–H and O–H groups in total. The third kappa shape index (κ3) is 2.53. The van der Waals surface area contributed by atoms with Crippen molar-refractivity contribution in [1.82, 2.24) is 0 Å². The Labute approximate surface area is 121 Å². The van der Waals surface area contributed by atoms with Crippen molar-refractivity contribution in [2.75, 3.05) is 0 Å². The number of thiophene rings is 1. The van der Waals surface area contributed by atoms with E-state index < -0.39 is 0 Å². The minimum atomic E-state index is 0.163. The third-order valence-corrected chi connectivity index (χ3v) is 6.14. The molecule has 0 spiro atoms. The van der Waals surface area contributed by atoms with E-state index in [1.54, 1.807) is 11.3 Å². The molecule has 2 aromatic rings. The van der Waals surface area contributed by atoms with Gasteiger partial charge in [-0.15, -0.1) is 11.3 Å². The van der Waals surface area contributed by atoms with Gasteiger partial charge in [-0.3, -0.25) is 0 Å². The van der Waals surface area contributed by atoms with E-state index >= 15 is 0 Å². The summed E-state index contributed by atoms with van der Waals surface area (Å²) in [5, 5.41) is 0.798. The smallest absolute Gasteiger partial charge is 0.0752 e. The molecule has 0 nitrogen and oxygen atoms in total. The molecule has 0 radical (unpaired) electrons. The maximum absolute atomic E-state index is 6.18. The molecule has 1 aromatic carbocycles. The first-order chi connectivity index (χ1) is 7.59. The molecule has 16 heavy (non-hydrogen) atoms. The lowest BCUT2D eigenvalue weighted by Crippen LogP contribution is -1.90. The van der Waals surface area contributed by atoms with E-state index in [0.29, 0.717) is 0 Å². The lowest BCUT2D eigenvalue weighted by atomic mass is 10.1. The SMILES string of the molecule is Cc1cc(C(Br)c2ccccc2Cl)sc1Br. The average Bonchev–Trinajstić information content (AvgIpc) is 2.59. The summed E-state index contributed by atoms with van der Waals surface area (Å²) < 4.78 is 1.18. The van der Waals surface area contributed by atoms with Crippen molar-refractivity contribution in [2.45, 2.75) is 11.8 Å². The molecule has 1 heterocycles. The number of halogens is 3. The number of alkyl halides is 1. The van der Waals surface area contributed by atoms with Crippen LogP contribution in [-0.4, -0.2) is 0 Å². The van der Waals surface area contributed by atoms with Crippen LogP contribution < -0.4 is 0 Å². The van der Waals surface area contributed by atoms with Crippen LogP contribution in [0.4, 0.5) is 0 Å². The number of hydrogen-bond acceptors (Lipinski definition) is 1. The maximum Gasteiger partial charge on any atom is 0.0752 e. The summed E-state index contributed by atoms with van der Waals surface area (Å²) in [6.45, 7) is 2.09. The molecular weight excluding hydrogens is 371 g/mol. The fraction of sp³-hybridized carbons (Fsp3) is 0.167. The van der Waals surface area contributed by atoms with Gasteiger partial charge in [0.05, 0.1) is 8.61 Å². The standard InChI is InChI=1S/C12H9Br2ClS/c1-7-6-10(16-12(7)14)11(13)8-4-2-3-5-9(8)15/h2-6,11H,1H3. The Morgan fingerprint density at radius 3 is 2.56 bits per heavy atom. The summed E-state index contributed by atoms with van der Waals surface area (Å²) in [5.74, 6) is 0. The molecule has 0 fully saturated rings. The van der Waals surface area contributed by atoms with Gasteiger partial charge < -0.3 is 0 Å². The molecule has 0 bridgehead atoms. The van der Waals surface area contributed by atoms with Crippen LogP contribution in [0.3, 0.4) is 0 Å². The molecule has 0 saturated carbocycles. The summed E-state index contributed by atoms with van der Waals surface area (Å²) >= 11 is 15.2. The highest BCUT2D eigenvalue weighted by atomic mass is 79.9. The van der Waals surface area contributed by atoms with Gasteiger partial charge >= 0.3 is 0 Å². The first-order valence-electron chi connectivity index (χ1n) is 4.74. The van der Waals surface area contributed by atoms with E-state index in [9.17, 15) is 0 Å². The lowest BCUT2D eigenvalue weighted by molar-refractivity contribution is 1.22. The fourth-order valence-corrected chi connectivity index (χ4v) is 4.20. The summed E-state index contributed by atoms with van der Waals surface area (Å²) in [6, 6.07) is 10.1. The molecule has 1 atom stereocenters. The van der Waals surface area contributed by atoms with Crippen LogP contribution in [0.1, 0.15) is 20.8 Å². The van der Waals surface area contributed by atoms with E-state index in [1.165, 1.54) is 14.2 Å². The van der Waals surface area contributed by atoms with Crippen LogP contribution in [0.15, 0.2) is 34.1 Å². The number of aryl methyl sites for hydroxylation is 1. The van der Waals surface area contributed by atoms with Crippen molar-refractivity contribution >= 4 is 54.8 Å². The van der Waals surface area contributed by atoms with Gasteiger partial charge in [0, 0.05) is 9.90 Å². The molecule has 0 aliphatic rings. The molecule has 84 valence electrons. The van der Waals surface area contributed by atoms with Gasteiger partial charge in [-0.2, -0.15) is 0 Å². The first kappa shape index (κ1) is 12.6. The predicted molar refractivity (Wildman–Crippen MR) is 79.0 cm³/mol. The maximum atomic E-state index is 6.18. The van der Waals surface area contributed by atoms with E-state index in [1.807, 2.05) is 24.3 Å². The highest BCUT2D eigenvalue weighted by Crippen LogP contribution is 2.41. The van der Waals surface area contributed by atoms with Gasteiger partial charge in [-0.1, -0.05) is 45.7 Å². The van der Waals surface area contributed by atoms with Crippen LogP contribution in [0.5, 0.6) is 0 Å². The van der Waals surface area contributed by atoms with E-state index in [-0.39, 0.29) is 4.83 Å². The third-order valence-electron chi connectivity index (χ3n) is 2.30. The number of rotatable bonds is 2. The van der Waals surface area contributed by atoms with Gasteiger partial charge in [-0.05, 0) is 46.1 Å². The second-order valence-corrected chi connectivity index (χ2v) is 7.21. The Bertz CT molecular complexity index is 488. The quantitative estimate of drug-likeness (QED) is 0.564. The summed E-state index contributed by atoms with van der Waals surface area (Å²) in [7, 11) is 0. The van der Waals surface area contributed by atoms with Crippen molar-refractivity contribution in [3.05, 3.63) is 55.1 Å². The molecule has 1 aromatic heterocycles. The fourth-order valence-electron chi connectivity index (χ4n) is 1.44. The minimum absolute atomic E-state index is 0.163. The van der Waals surface area contributed by atoms with Crippen LogP contribution in [0.25, 0.3) is 0 Å². The minimum Gasteiger partial charge on any atom is -0.131 e. The van der Waals surface area contributed by atoms with Gasteiger partial charge in [0.25, 0.3) is 0 Å². The van der Waals surface area contributed by atoms with Crippen LogP contribution in [-0.2, 0) is 0 Å². The molecular formula is C12H9Br2ClS. The first-order valence-corrected chi connectivity index (χ1v) is 7.64. The van der Waals surface area contributed by atoms with Crippen LogP contribution in [0, 0.1) is 6.92 Å².